The predicted molar refractivity (Wildman–Crippen MR) is 157 cm³/mol. The van der Waals surface area contributed by atoms with E-state index < -0.39 is 17.0 Å². The number of aromatic nitrogens is 1. The fourth-order valence-electron chi connectivity index (χ4n) is 5.37. The summed E-state index contributed by atoms with van der Waals surface area (Å²) in [6.45, 7) is 10.8. The molecule has 0 fully saturated rings. The molecule has 0 spiro atoms. The van der Waals surface area contributed by atoms with Crippen LogP contribution in [-0.4, -0.2) is 54.6 Å². The van der Waals surface area contributed by atoms with Gasteiger partial charge in [0.1, 0.15) is 11.2 Å². The average Bonchev–Trinajstić information content (AvgIpc) is 2.87. The number of fused-ring (bicyclic) bond motifs is 3. The third-order valence-electron chi connectivity index (χ3n) is 7.35. The van der Waals surface area contributed by atoms with Gasteiger partial charge < -0.3 is 28.6 Å². The monoisotopic (exact) mass is 571 g/mol. The fourth-order valence-corrected chi connectivity index (χ4v) is 5.37. The molecule has 2 aromatic rings. The molecule has 41 heavy (non-hydrogen) atoms. The molecular weight excluding hydrogens is 526 g/mol. The summed E-state index contributed by atoms with van der Waals surface area (Å²) < 4.78 is 24.5. The number of carboxylic acid groups (broad SMARTS) is 1. The number of hydrogen-bond acceptors (Lipinski definition) is 7. The molecule has 0 bridgehead atoms. The first kappa shape index (κ1) is 32.2. The molecule has 9 heteroatoms. The molecule has 0 amide bonds. The minimum absolute atomic E-state index is 0.148. The van der Waals surface area contributed by atoms with Crippen LogP contribution in [-0.2, 0) is 20.7 Å². The van der Waals surface area contributed by atoms with E-state index in [1.165, 1.54) is 12.3 Å². The quantitative estimate of drug-likeness (QED) is 0.215. The Morgan fingerprint density at radius 3 is 2.29 bits per heavy atom. The maximum Gasteiger partial charge on any atom is 0.341 e. The van der Waals surface area contributed by atoms with Crippen molar-refractivity contribution in [3.8, 4) is 22.8 Å². The van der Waals surface area contributed by atoms with Crippen molar-refractivity contribution in [3.63, 3.8) is 0 Å². The lowest BCUT2D eigenvalue weighted by Crippen LogP contribution is -2.37. The largest absolute Gasteiger partial charge is 0.493 e. The highest BCUT2D eigenvalue weighted by Gasteiger charge is 2.37. The SMILES string of the molecule is COCC(C)(C)C1Cc2cc(OCCCCCCCC(=O)OC(C)(C)C)c(OC)cc2-c2cc(=O)c(C(=O)O)cn21. The van der Waals surface area contributed by atoms with Crippen molar-refractivity contribution >= 4 is 11.9 Å². The first-order valence-corrected chi connectivity index (χ1v) is 14.3. The smallest absolute Gasteiger partial charge is 0.341 e. The molecule has 3 rings (SSSR count). The standard InChI is InChI=1S/C32H45NO8/c1-31(2,3)41-29(35)13-11-9-8-10-12-14-40-27-15-21-16-28(32(4,5)20-38-6)33-19-23(30(36)37)25(34)18-24(33)22(21)17-26(27)39-7/h15,17-19,28H,8-14,16,20H2,1-7H3,(H,36,37). The average molecular weight is 572 g/mol. The van der Waals surface area contributed by atoms with Gasteiger partial charge in [0, 0.05) is 42.8 Å². The number of nitrogens with zero attached hydrogens (tertiary/aromatic N) is 1. The normalized spacial score (nSPS) is 14.7. The molecule has 1 aromatic heterocycles. The number of ether oxygens (including phenoxy) is 4. The van der Waals surface area contributed by atoms with Gasteiger partial charge in [-0.1, -0.05) is 33.1 Å². The summed E-state index contributed by atoms with van der Waals surface area (Å²) in [6, 6.07) is 5.10. The van der Waals surface area contributed by atoms with Gasteiger partial charge in [-0.3, -0.25) is 9.59 Å². The van der Waals surface area contributed by atoms with Gasteiger partial charge in [-0.25, -0.2) is 4.79 Å². The van der Waals surface area contributed by atoms with Crippen LogP contribution in [0.3, 0.4) is 0 Å². The number of benzene rings is 1. The molecule has 0 saturated heterocycles. The van der Waals surface area contributed by atoms with E-state index in [1.54, 1.807) is 14.2 Å². The summed E-state index contributed by atoms with van der Waals surface area (Å²) >= 11 is 0. The third-order valence-corrected chi connectivity index (χ3v) is 7.35. The second-order valence-electron chi connectivity index (χ2n) is 12.4. The number of rotatable bonds is 14. The number of esters is 1. The molecule has 1 aromatic carbocycles. The van der Waals surface area contributed by atoms with Gasteiger partial charge in [-0.2, -0.15) is 0 Å². The van der Waals surface area contributed by atoms with Crippen LogP contribution in [0.2, 0.25) is 0 Å². The first-order chi connectivity index (χ1) is 19.3. The first-order valence-electron chi connectivity index (χ1n) is 14.3. The van der Waals surface area contributed by atoms with Crippen molar-refractivity contribution in [2.75, 3.05) is 27.4 Å². The second-order valence-corrected chi connectivity index (χ2v) is 12.4. The van der Waals surface area contributed by atoms with Crippen molar-refractivity contribution in [1.82, 2.24) is 4.57 Å². The van der Waals surface area contributed by atoms with Crippen LogP contribution in [0, 0.1) is 5.41 Å². The molecule has 1 aliphatic rings. The lowest BCUT2D eigenvalue weighted by Gasteiger charge is -2.40. The van der Waals surface area contributed by atoms with Gasteiger partial charge in [0.25, 0.3) is 0 Å². The molecule has 0 radical (unpaired) electrons. The van der Waals surface area contributed by atoms with Gasteiger partial charge >= 0.3 is 11.9 Å². The summed E-state index contributed by atoms with van der Waals surface area (Å²) in [7, 11) is 3.22. The van der Waals surface area contributed by atoms with Crippen molar-refractivity contribution in [2.24, 2.45) is 5.41 Å². The highest BCUT2D eigenvalue weighted by molar-refractivity contribution is 5.88. The Hall–Kier alpha value is -3.33. The number of carboxylic acids is 1. The lowest BCUT2D eigenvalue weighted by molar-refractivity contribution is -0.154. The third kappa shape index (κ3) is 8.35. The number of carbonyl (C=O) groups excluding carboxylic acids is 1. The summed E-state index contributed by atoms with van der Waals surface area (Å²) in [5.74, 6) is -0.207. The Kier molecular flexibility index (Phi) is 10.6. The maximum absolute atomic E-state index is 12.7. The minimum atomic E-state index is -1.25. The van der Waals surface area contributed by atoms with Crippen LogP contribution in [0.15, 0.2) is 29.2 Å². The summed E-state index contributed by atoms with van der Waals surface area (Å²) in [5.41, 5.74) is 0.871. The Morgan fingerprint density at radius 1 is 0.976 bits per heavy atom. The molecule has 1 aliphatic heterocycles. The molecule has 226 valence electrons. The van der Waals surface area contributed by atoms with Gasteiger partial charge in [0.15, 0.2) is 16.9 Å². The topological polar surface area (TPSA) is 113 Å². The predicted octanol–water partition coefficient (Wildman–Crippen LogP) is 6.05. The van der Waals surface area contributed by atoms with Crippen molar-refractivity contribution < 1.29 is 33.6 Å². The summed E-state index contributed by atoms with van der Waals surface area (Å²) in [5, 5.41) is 9.60. The van der Waals surface area contributed by atoms with Gasteiger partial charge in [0.05, 0.1) is 26.0 Å². The Labute approximate surface area is 242 Å². The second kappa shape index (κ2) is 13.6. The zero-order valence-corrected chi connectivity index (χ0v) is 25.5. The number of methoxy groups -OCH3 is 2. The molecule has 1 N–H and O–H groups in total. The highest BCUT2D eigenvalue weighted by Crippen LogP contribution is 2.46. The van der Waals surface area contributed by atoms with E-state index in [4.69, 9.17) is 18.9 Å². The van der Waals surface area contributed by atoms with E-state index in [-0.39, 0.29) is 23.0 Å². The number of aromatic carboxylic acids is 1. The number of pyridine rings is 1. The van der Waals surface area contributed by atoms with Crippen LogP contribution in [0.4, 0.5) is 0 Å². The van der Waals surface area contributed by atoms with E-state index in [1.807, 2.05) is 37.5 Å². The van der Waals surface area contributed by atoms with E-state index >= 15 is 0 Å². The number of carbonyl (C=O) groups is 2. The molecular formula is C32H45NO8. The van der Waals surface area contributed by atoms with Crippen LogP contribution >= 0.6 is 0 Å². The highest BCUT2D eigenvalue weighted by atomic mass is 16.6. The van der Waals surface area contributed by atoms with E-state index in [0.29, 0.717) is 43.2 Å². The van der Waals surface area contributed by atoms with Crippen molar-refractivity contribution in [1.29, 1.82) is 0 Å². The Bertz CT molecular complexity index is 1290. The molecule has 1 atom stereocenters. The Morgan fingerprint density at radius 2 is 1.66 bits per heavy atom. The van der Waals surface area contributed by atoms with Crippen LogP contribution in [0.25, 0.3) is 11.3 Å². The molecule has 0 aliphatic carbocycles. The van der Waals surface area contributed by atoms with Crippen molar-refractivity contribution in [3.05, 3.63) is 45.7 Å². The fraction of sp³-hybridized carbons (Fsp3) is 0.594. The minimum Gasteiger partial charge on any atom is -0.493 e. The van der Waals surface area contributed by atoms with Gasteiger partial charge in [0.2, 0.25) is 0 Å². The Balaban J connectivity index is 1.72. The van der Waals surface area contributed by atoms with Crippen molar-refractivity contribution in [2.45, 2.75) is 91.2 Å². The van der Waals surface area contributed by atoms with Crippen LogP contribution < -0.4 is 14.9 Å². The van der Waals surface area contributed by atoms with E-state index in [0.717, 1.165) is 43.2 Å². The number of hydrogen-bond donors (Lipinski definition) is 1. The van der Waals surface area contributed by atoms with Gasteiger partial charge in [-0.05, 0) is 57.7 Å². The summed E-state index contributed by atoms with van der Waals surface area (Å²) in [6.07, 6.45) is 7.14. The molecule has 9 nitrogen and oxygen atoms in total. The van der Waals surface area contributed by atoms with Gasteiger partial charge in [-0.15, -0.1) is 0 Å². The number of unbranched alkanes of at least 4 members (excludes halogenated alkanes) is 4. The van der Waals surface area contributed by atoms with Crippen LogP contribution in [0.5, 0.6) is 11.5 Å². The van der Waals surface area contributed by atoms with E-state index in [2.05, 4.69) is 13.8 Å². The van der Waals surface area contributed by atoms with E-state index in [9.17, 15) is 19.5 Å². The van der Waals surface area contributed by atoms with Crippen LogP contribution in [0.1, 0.15) is 95.1 Å². The molecule has 0 saturated carbocycles. The maximum atomic E-state index is 12.7. The molecule has 2 heterocycles. The molecule has 1 unspecified atom stereocenters. The zero-order chi connectivity index (χ0) is 30.4. The lowest BCUT2D eigenvalue weighted by atomic mass is 9.77. The zero-order valence-electron chi connectivity index (χ0n) is 25.5. The summed E-state index contributed by atoms with van der Waals surface area (Å²) in [4.78, 5) is 36.3.